The molecule has 0 aliphatic carbocycles. The van der Waals surface area contributed by atoms with E-state index in [4.69, 9.17) is 19.8 Å². The molecule has 0 aliphatic rings. The fraction of sp³-hybridized carbons (Fsp3) is 0.500. The van der Waals surface area contributed by atoms with Gasteiger partial charge in [0, 0.05) is 12.1 Å². The minimum atomic E-state index is -3.97. The SMILES string of the molecule is COc1ccc(CC(N)CCS(=O)(=O)O)c(OC)c1. The van der Waals surface area contributed by atoms with E-state index in [9.17, 15) is 8.42 Å². The van der Waals surface area contributed by atoms with E-state index in [0.29, 0.717) is 17.9 Å². The van der Waals surface area contributed by atoms with Gasteiger partial charge in [0.2, 0.25) is 0 Å². The molecule has 3 N–H and O–H groups in total. The van der Waals surface area contributed by atoms with Gasteiger partial charge in [0.15, 0.2) is 0 Å². The number of hydrogen-bond donors (Lipinski definition) is 2. The normalized spacial score (nSPS) is 13.1. The molecule has 108 valence electrons. The molecule has 0 heterocycles. The van der Waals surface area contributed by atoms with Crippen LogP contribution in [0.4, 0.5) is 0 Å². The number of ether oxygens (including phenoxy) is 2. The van der Waals surface area contributed by atoms with Crippen molar-refractivity contribution in [3.05, 3.63) is 23.8 Å². The van der Waals surface area contributed by atoms with Crippen LogP contribution in [0.1, 0.15) is 12.0 Å². The molecular formula is C12H19NO5S. The maximum Gasteiger partial charge on any atom is 0.264 e. The summed E-state index contributed by atoms with van der Waals surface area (Å²) in [6.45, 7) is 0. The van der Waals surface area contributed by atoms with Crippen molar-refractivity contribution in [1.29, 1.82) is 0 Å². The highest BCUT2D eigenvalue weighted by atomic mass is 32.2. The Labute approximate surface area is 113 Å². The van der Waals surface area contributed by atoms with Crippen molar-refractivity contribution in [3.63, 3.8) is 0 Å². The van der Waals surface area contributed by atoms with Gasteiger partial charge in [0.05, 0.1) is 20.0 Å². The Bertz CT molecular complexity index is 515. The van der Waals surface area contributed by atoms with Crippen LogP contribution >= 0.6 is 0 Å². The van der Waals surface area contributed by atoms with Crippen molar-refractivity contribution in [1.82, 2.24) is 0 Å². The van der Waals surface area contributed by atoms with Crippen LogP contribution in [0.15, 0.2) is 18.2 Å². The van der Waals surface area contributed by atoms with E-state index in [0.717, 1.165) is 5.56 Å². The smallest absolute Gasteiger partial charge is 0.264 e. The van der Waals surface area contributed by atoms with Gasteiger partial charge in [-0.3, -0.25) is 4.55 Å². The number of nitrogens with two attached hydrogens (primary N) is 1. The minimum absolute atomic E-state index is 0.189. The van der Waals surface area contributed by atoms with Crippen molar-refractivity contribution < 1.29 is 22.4 Å². The molecule has 0 fully saturated rings. The van der Waals surface area contributed by atoms with E-state index in [-0.39, 0.29) is 18.2 Å². The van der Waals surface area contributed by atoms with Gasteiger partial charge in [0.25, 0.3) is 10.1 Å². The van der Waals surface area contributed by atoms with Crippen LogP contribution in [0.3, 0.4) is 0 Å². The van der Waals surface area contributed by atoms with E-state index in [1.165, 1.54) is 0 Å². The van der Waals surface area contributed by atoms with Crippen molar-refractivity contribution in [2.45, 2.75) is 18.9 Å². The molecular weight excluding hydrogens is 270 g/mol. The van der Waals surface area contributed by atoms with Gasteiger partial charge in [-0.25, -0.2) is 0 Å². The summed E-state index contributed by atoms with van der Waals surface area (Å²) < 4.78 is 40.3. The number of benzene rings is 1. The monoisotopic (exact) mass is 289 g/mol. The summed E-state index contributed by atoms with van der Waals surface area (Å²) in [6, 6.07) is 4.98. The Hall–Kier alpha value is -1.31. The molecule has 0 aliphatic heterocycles. The van der Waals surface area contributed by atoms with Gasteiger partial charge in [-0.05, 0) is 24.5 Å². The van der Waals surface area contributed by atoms with Gasteiger partial charge in [0.1, 0.15) is 11.5 Å². The van der Waals surface area contributed by atoms with Crippen molar-refractivity contribution in [2.75, 3.05) is 20.0 Å². The summed E-state index contributed by atoms with van der Waals surface area (Å²) in [5, 5.41) is 0. The molecule has 1 unspecified atom stereocenters. The predicted octanol–water partition coefficient (Wildman–Crippen LogP) is 0.852. The Morgan fingerprint density at radius 1 is 1.32 bits per heavy atom. The lowest BCUT2D eigenvalue weighted by molar-refractivity contribution is 0.389. The lowest BCUT2D eigenvalue weighted by Gasteiger charge is -2.14. The zero-order chi connectivity index (χ0) is 14.5. The molecule has 1 aromatic carbocycles. The topological polar surface area (TPSA) is 98.9 Å². The van der Waals surface area contributed by atoms with E-state index in [1.54, 1.807) is 26.4 Å². The number of methoxy groups -OCH3 is 2. The highest BCUT2D eigenvalue weighted by Crippen LogP contribution is 2.25. The first-order valence-electron chi connectivity index (χ1n) is 5.77. The first kappa shape index (κ1) is 15.7. The fourth-order valence-electron chi connectivity index (χ4n) is 1.71. The van der Waals surface area contributed by atoms with Gasteiger partial charge in [-0.1, -0.05) is 6.07 Å². The maximum atomic E-state index is 10.7. The van der Waals surface area contributed by atoms with Crippen molar-refractivity contribution in [2.24, 2.45) is 5.73 Å². The molecule has 1 aromatic rings. The fourth-order valence-corrected chi connectivity index (χ4v) is 2.31. The predicted molar refractivity (Wildman–Crippen MR) is 72.3 cm³/mol. The first-order chi connectivity index (χ1) is 8.85. The molecule has 1 rings (SSSR count). The summed E-state index contributed by atoms with van der Waals surface area (Å²) in [5.74, 6) is 0.973. The number of rotatable bonds is 7. The van der Waals surface area contributed by atoms with Crippen LogP contribution in [0, 0.1) is 0 Å². The first-order valence-corrected chi connectivity index (χ1v) is 7.38. The second-order valence-corrected chi connectivity index (χ2v) is 5.79. The highest BCUT2D eigenvalue weighted by molar-refractivity contribution is 7.85. The Morgan fingerprint density at radius 3 is 2.53 bits per heavy atom. The van der Waals surface area contributed by atoms with E-state index < -0.39 is 10.1 Å². The largest absolute Gasteiger partial charge is 0.497 e. The third kappa shape index (κ3) is 5.46. The molecule has 0 aromatic heterocycles. The summed E-state index contributed by atoms with van der Waals surface area (Å²) in [4.78, 5) is 0. The molecule has 0 saturated carbocycles. The molecule has 6 nitrogen and oxygen atoms in total. The second-order valence-electron chi connectivity index (χ2n) is 4.22. The molecule has 0 bridgehead atoms. The summed E-state index contributed by atoms with van der Waals surface area (Å²) >= 11 is 0. The van der Waals surface area contributed by atoms with E-state index in [1.807, 2.05) is 6.07 Å². The van der Waals surface area contributed by atoms with Gasteiger partial charge in [-0.15, -0.1) is 0 Å². The molecule has 19 heavy (non-hydrogen) atoms. The molecule has 0 spiro atoms. The van der Waals surface area contributed by atoms with Crippen molar-refractivity contribution >= 4 is 10.1 Å². The van der Waals surface area contributed by atoms with Crippen LogP contribution in [-0.2, 0) is 16.5 Å². The van der Waals surface area contributed by atoms with Gasteiger partial charge < -0.3 is 15.2 Å². The zero-order valence-electron chi connectivity index (χ0n) is 11.0. The average Bonchev–Trinajstić information content (AvgIpc) is 2.36. The lowest BCUT2D eigenvalue weighted by atomic mass is 10.0. The Morgan fingerprint density at radius 2 is 2.00 bits per heavy atom. The zero-order valence-corrected chi connectivity index (χ0v) is 11.8. The van der Waals surface area contributed by atoms with Crippen LogP contribution in [0.25, 0.3) is 0 Å². The standard InChI is InChI=1S/C12H19NO5S/c1-17-11-4-3-9(12(8-11)18-2)7-10(13)5-6-19(14,15)16/h3-4,8,10H,5-7,13H2,1-2H3,(H,14,15,16). The quantitative estimate of drug-likeness (QED) is 0.722. The molecule has 0 saturated heterocycles. The Balaban J connectivity index is 2.70. The van der Waals surface area contributed by atoms with Crippen LogP contribution in [0.5, 0.6) is 11.5 Å². The van der Waals surface area contributed by atoms with Gasteiger partial charge >= 0.3 is 0 Å². The second kappa shape index (κ2) is 6.74. The lowest BCUT2D eigenvalue weighted by Crippen LogP contribution is -2.26. The average molecular weight is 289 g/mol. The third-order valence-electron chi connectivity index (χ3n) is 2.72. The summed E-state index contributed by atoms with van der Waals surface area (Å²) in [6.07, 6.45) is 0.650. The maximum absolute atomic E-state index is 10.7. The van der Waals surface area contributed by atoms with E-state index in [2.05, 4.69) is 0 Å². The third-order valence-corrected chi connectivity index (χ3v) is 3.47. The molecule has 0 amide bonds. The molecule has 1 atom stereocenters. The molecule has 0 radical (unpaired) electrons. The van der Waals surface area contributed by atoms with E-state index >= 15 is 0 Å². The van der Waals surface area contributed by atoms with Crippen molar-refractivity contribution in [3.8, 4) is 11.5 Å². The number of hydrogen-bond acceptors (Lipinski definition) is 5. The summed E-state index contributed by atoms with van der Waals surface area (Å²) in [7, 11) is -0.864. The summed E-state index contributed by atoms with van der Waals surface area (Å²) in [5.41, 5.74) is 6.71. The van der Waals surface area contributed by atoms with Crippen LogP contribution < -0.4 is 15.2 Å². The highest BCUT2D eigenvalue weighted by Gasteiger charge is 2.13. The molecule has 7 heteroatoms. The van der Waals surface area contributed by atoms with Crippen LogP contribution in [0.2, 0.25) is 0 Å². The minimum Gasteiger partial charge on any atom is -0.497 e. The Kier molecular flexibility index (Phi) is 5.59. The van der Waals surface area contributed by atoms with Gasteiger partial charge in [-0.2, -0.15) is 8.42 Å². The van der Waals surface area contributed by atoms with Crippen LogP contribution in [-0.4, -0.2) is 39.0 Å².